The summed E-state index contributed by atoms with van der Waals surface area (Å²) in [5, 5.41) is 0. The predicted molar refractivity (Wildman–Crippen MR) is 104 cm³/mol. The van der Waals surface area contributed by atoms with Crippen molar-refractivity contribution in [2.45, 2.75) is 104 Å². The lowest BCUT2D eigenvalue weighted by Gasteiger charge is -2.17. The zero-order valence-corrected chi connectivity index (χ0v) is 16.6. The Morgan fingerprint density at radius 2 is 1.00 bits per heavy atom. The van der Waals surface area contributed by atoms with Gasteiger partial charge in [0.2, 0.25) is 0 Å². The highest BCUT2D eigenvalue weighted by molar-refractivity contribution is 5.36. The number of rotatable bonds is 20. The van der Waals surface area contributed by atoms with Crippen LogP contribution in [0.4, 0.5) is 0 Å². The van der Waals surface area contributed by atoms with Crippen LogP contribution < -0.4 is 0 Å². The third kappa shape index (κ3) is 17.8. The molecule has 0 aliphatic carbocycles. The molecule has 144 valence electrons. The van der Waals surface area contributed by atoms with Gasteiger partial charge in [-0.25, -0.2) is 0 Å². The first kappa shape index (κ1) is 23.4. The highest BCUT2D eigenvalue weighted by Crippen LogP contribution is 2.13. The average Bonchev–Trinajstić information content (AvgIpc) is 2.61. The zero-order valence-electron chi connectivity index (χ0n) is 16.6. The SMILES string of the molecule is CCN(CC)CCCCCCCCCCCCCCCCOC=O. The molecule has 0 aliphatic rings. The first-order valence-corrected chi connectivity index (χ1v) is 10.6. The minimum atomic E-state index is 0.548. The molecule has 0 N–H and O–H groups in total. The van der Waals surface area contributed by atoms with Gasteiger partial charge in [-0.1, -0.05) is 90.9 Å². The molecule has 0 fully saturated rings. The number of carbonyl (C=O) groups excluding carboxylic acids is 1. The van der Waals surface area contributed by atoms with E-state index < -0.39 is 0 Å². The topological polar surface area (TPSA) is 29.5 Å². The highest BCUT2D eigenvalue weighted by Gasteiger charge is 1.98. The molecule has 0 amide bonds. The molecule has 0 bridgehead atoms. The molecule has 0 radical (unpaired) electrons. The normalized spacial score (nSPS) is 11.1. The molecule has 0 aromatic carbocycles. The Balaban J connectivity index is 3.04. The lowest BCUT2D eigenvalue weighted by molar-refractivity contribution is -0.128. The molecule has 0 heterocycles. The second-order valence-electron chi connectivity index (χ2n) is 6.94. The maximum Gasteiger partial charge on any atom is 0.293 e. The molecule has 0 saturated heterocycles. The van der Waals surface area contributed by atoms with Gasteiger partial charge >= 0.3 is 0 Å². The second-order valence-corrected chi connectivity index (χ2v) is 6.94. The van der Waals surface area contributed by atoms with Gasteiger partial charge in [0.15, 0.2) is 0 Å². The number of unbranched alkanes of at least 4 members (excludes halogenated alkanes) is 13. The number of nitrogens with zero attached hydrogens (tertiary/aromatic N) is 1. The van der Waals surface area contributed by atoms with E-state index in [2.05, 4.69) is 23.5 Å². The van der Waals surface area contributed by atoms with E-state index in [0.29, 0.717) is 13.1 Å². The monoisotopic (exact) mass is 341 g/mol. The lowest BCUT2D eigenvalue weighted by atomic mass is 10.0. The van der Waals surface area contributed by atoms with E-state index in [9.17, 15) is 4.79 Å². The van der Waals surface area contributed by atoms with Crippen LogP contribution >= 0.6 is 0 Å². The van der Waals surface area contributed by atoms with E-state index in [-0.39, 0.29) is 0 Å². The smallest absolute Gasteiger partial charge is 0.293 e. The van der Waals surface area contributed by atoms with Crippen molar-refractivity contribution >= 4 is 6.47 Å². The highest BCUT2D eigenvalue weighted by atomic mass is 16.5. The molecule has 0 aromatic rings. The van der Waals surface area contributed by atoms with Gasteiger partial charge in [-0.3, -0.25) is 4.79 Å². The molecule has 0 aliphatic heterocycles. The van der Waals surface area contributed by atoms with Crippen LogP contribution in [0.15, 0.2) is 0 Å². The van der Waals surface area contributed by atoms with Crippen LogP contribution in [0.25, 0.3) is 0 Å². The largest absolute Gasteiger partial charge is 0.468 e. The van der Waals surface area contributed by atoms with Crippen molar-refractivity contribution in [2.75, 3.05) is 26.2 Å². The van der Waals surface area contributed by atoms with Gasteiger partial charge in [-0.05, 0) is 32.5 Å². The van der Waals surface area contributed by atoms with E-state index in [1.165, 1.54) is 103 Å². The minimum Gasteiger partial charge on any atom is -0.468 e. The van der Waals surface area contributed by atoms with Gasteiger partial charge in [0.05, 0.1) is 6.61 Å². The summed E-state index contributed by atoms with van der Waals surface area (Å²) in [4.78, 5) is 12.5. The van der Waals surface area contributed by atoms with Gasteiger partial charge in [0, 0.05) is 0 Å². The maximum atomic E-state index is 9.98. The number of ether oxygens (including phenoxy) is 1. The van der Waals surface area contributed by atoms with Crippen molar-refractivity contribution in [3.05, 3.63) is 0 Å². The Labute approximate surface area is 151 Å². The van der Waals surface area contributed by atoms with Gasteiger partial charge < -0.3 is 9.64 Å². The molecule has 0 unspecified atom stereocenters. The summed E-state index contributed by atoms with van der Waals surface area (Å²) in [6, 6.07) is 0. The molecule has 0 atom stereocenters. The Hall–Kier alpha value is -0.570. The fourth-order valence-corrected chi connectivity index (χ4v) is 3.23. The second kappa shape index (κ2) is 20.5. The van der Waals surface area contributed by atoms with Crippen LogP contribution in [0.5, 0.6) is 0 Å². The van der Waals surface area contributed by atoms with Crippen molar-refractivity contribution in [2.24, 2.45) is 0 Å². The van der Waals surface area contributed by atoms with Crippen LogP contribution in [-0.4, -0.2) is 37.6 Å². The molecular weight excluding hydrogens is 298 g/mol. The molecule has 0 rings (SSSR count). The molecule has 24 heavy (non-hydrogen) atoms. The fraction of sp³-hybridized carbons (Fsp3) is 0.952. The summed E-state index contributed by atoms with van der Waals surface area (Å²) in [6.07, 6.45) is 19.0. The van der Waals surface area contributed by atoms with Crippen LogP contribution in [0, 0.1) is 0 Å². The Morgan fingerprint density at radius 1 is 0.625 bits per heavy atom. The summed E-state index contributed by atoms with van der Waals surface area (Å²) in [7, 11) is 0. The summed E-state index contributed by atoms with van der Waals surface area (Å²) in [6.45, 7) is 9.35. The predicted octanol–water partition coefficient (Wildman–Crippen LogP) is 5.96. The van der Waals surface area contributed by atoms with Crippen LogP contribution in [-0.2, 0) is 9.53 Å². The van der Waals surface area contributed by atoms with E-state index in [4.69, 9.17) is 0 Å². The molecule has 3 nitrogen and oxygen atoms in total. The minimum absolute atomic E-state index is 0.548. The van der Waals surface area contributed by atoms with Gasteiger partial charge in [-0.15, -0.1) is 0 Å². The number of carbonyl (C=O) groups is 1. The van der Waals surface area contributed by atoms with Crippen LogP contribution in [0.1, 0.15) is 104 Å². The molecule has 0 aromatic heterocycles. The zero-order chi connectivity index (χ0) is 17.7. The molecule has 0 saturated carbocycles. The van der Waals surface area contributed by atoms with Crippen molar-refractivity contribution < 1.29 is 9.53 Å². The van der Waals surface area contributed by atoms with Crippen molar-refractivity contribution in [3.8, 4) is 0 Å². The van der Waals surface area contributed by atoms with Crippen molar-refractivity contribution in [3.63, 3.8) is 0 Å². The first-order chi connectivity index (χ1) is 11.8. The third-order valence-electron chi connectivity index (χ3n) is 4.95. The van der Waals surface area contributed by atoms with Crippen molar-refractivity contribution in [1.29, 1.82) is 0 Å². The lowest BCUT2D eigenvalue weighted by Crippen LogP contribution is -2.23. The van der Waals surface area contributed by atoms with Crippen LogP contribution in [0.3, 0.4) is 0 Å². The van der Waals surface area contributed by atoms with Crippen molar-refractivity contribution in [1.82, 2.24) is 4.90 Å². The van der Waals surface area contributed by atoms with E-state index >= 15 is 0 Å². The summed E-state index contributed by atoms with van der Waals surface area (Å²) in [5.41, 5.74) is 0. The molecule has 3 heteroatoms. The number of hydrogen-bond donors (Lipinski definition) is 0. The molecule has 0 spiro atoms. The Morgan fingerprint density at radius 3 is 1.38 bits per heavy atom. The van der Waals surface area contributed by atoms with Gasteiger partial charge in [0.1, 0.15) is 0 Å². The van der Waals surface area contributed by atoms with E-state index in [1.807, 2.05) is 0 Å². The third-order valence-corrected chi connectivity index (χ3v) is 4.95. The Bertz CT molecular complexity index is 242. The quantitative estimate of drug-likeness (QED) is 0.202. The number of hydrogen-bond acceptors (Lipinski definition) is 3. The standard InChI is InChI=1S/C21H43NO2/c1-3-22(4-2)19-17-15-13-11-9-7-5-6-8-10-12-14-16-18-20-24-21-23/h21H,3-20H2,1-2H3. The van der Waals surface area contributed by atoms with Gasteiger partial charge in [-0.2, -0.15) is 0 Å². The average molecular weight is 342 g/mol. The summed E-state index contributed by atoms with van der Waals surface area (Å²) in [5.74, 6) is 0. The Kier molecular flexibility index (Phi) is 20.0. The molecular formula is C21H43NO2. The van der Waals surface area contributed by atoms with E-state index in [0.717, 1.165) is 6.42 Å². The summed E-state index contributed by atoms with van der Waals surface area (Å²) < 4.78 is 4.68. The van der Waals surface area contributed by atoms with E-state index in [1.54, 1.807) is 0 Å². The maximum absolute atomic E-state index is 9.98. The van der Waals surface area contributed by atoms with Crippen LogP contribution in [0.2, 0.25) is 0 Å². The summed E-state index contributed by atoms with van der Waals surface area (Å²) >= 11 is 0. The first-order valence-electron chi connectivity index (χ1n) is 10.6. The fourth-order valence-electron chi connectivity index (χ4n) is 3.23. The van der Waals surface area contributed by atoms with Gasteiger partial charge in [0.25, 0.3) is 6.47 Å².